The number of anilines is 3. The minimum absolute atomic E-state index is 0.522. The normalized spacial score (nSPS) is 14.1. The van der Waals surface area contributed by atoms with Crippen molar-refractivity contribution in [3.8, 4) is 0 Å². The minimum atomic E-state index is -0.731. The minimum Gasteiger partial charge on any atom is -0.378 e. The summed E-state index contributed by atoms with van der Waals surface area (Å²) in [5.74, 6) is -1.45. The van der Waals surface area contributed by atoms with E-state index in [9.17, 15) is 9.59 Å². The molecule has 0 saturated carbocycles. The number of fused-ring (bicyclic) bond motifs is 1. The van der Waals surface area contributed by atoms with Gasteiger partial charge in [0, 0.05) is 18.8 Å². The number of benzene rings is 2. The molecule has 3 aromatic rings. The van der Waals surface area contributed by atoms with E-state index in [0.29, 0.717) is 24.6 Å². The summed E-state index contributed by atoms with van der Waals surface area (Å²) in [5, 5.41) is 5.32. The Morgan fingerprint density at radius 1 is 1.04 bits per heavy atom. The zero-order chi connectivity index (χ0) is 18.6. The topological polar surface area (TPSA) is 99.3 Å². The van der Waals surface area contributed by atoms with Gasteiger partial charge in [-0.1, -0.05) is 12.1 Å². The maximum absolute atomic E-state index is 12.4. The number of ether oxygens (including phenoxy) is 1. The third-order valence-electron chi connectivity index (χ3n) is 4.39. The molecule has 8 heteroatoms. The lowest BCUT2D eigenvalue weighted by Gasteiger charge is -2.30. The Hall–Kier alpha value is -3.39. The number of rotatable bonds is 3. The van der Waals surface area contributed by atoms with Crippen LogP contribution < -0.4 is 15.5 Å². The van der Waals surface area contributed by atoms with Crippen LogP contribution >= 0.6 is 0 Å². The van der Waals surface area contributed by atoms with Crippen LogP contribution in [-0.4, -0.2) is 48.1 Å². The van der Waals surface area contributed by atoms with E-state index in [4.69, 9.17) is 4.74 Å². The molecule has 2 amide bonds. The van der Waals surface area contributed by atoms with Crippen LogP contribution in [0.4, 0.5) is 17.1 Å². The van der Waals surface area contributed by atoms with Gasteiger partial charge in [-0.15, -0.1) is 0 Å². The van der Waals surface area contributed by atoms with Gasteiger partial charge in [0.2, 0.25) is 0 Å². The largest absolute Gasteiger partial charge is 0.378 e. The van der Waals surface area contributed by atoms with Crippen molar-refractivity contribution in [2.45, 2.75) is 0 Å². The Bertz CT molecular complexity index is 978. The number of imidazole rings is 1. The van der Waals surface area contributed by atoms with E-state index in [2.05, 4.69) is 25.5 Å². The number of para-hydroxylation sites is 2. The van der Waals surface area contributed by atoms with Gasteiger partial charge in [-0.05, 0) is 30.3 Å². The standard InChI is InChI=1S/C19H19N5O3/c25-18(22-13-5-6-14-16(11-13)21-12-20-14)19(26)23-15-3-1-2-4-17(15)24-7-9-27-10-8-24/h1-6,11-12H,7-10H2,(H,20,21)(H,22,25)(H,23,26). The monoisotopic (exact) mass is 365 g/mol. The maximum atomic E-state index is 12.4. The molecule has 8 nitrogen and oxygen atoms in total. The molecule has 1 aliphatic rings. The smallest absolute Gasteiger partial charge is 0.314 e. The molecule has 0 spiro atoms. The fourth-order valence-electron chi connectivity index (χ4n) is 3.04. The third kappa shape index (κ3) is 3.75. The maximum Gasteiger partial charge on any atom is 0.314 e. The van der Waals surface area contributed by atoms with Gasteiger partial charge in [0.05, 0.1) is 41.9 Å². The second-order valence-electron chi connectivity index (χ2n) is 6.16. The van der Waals surface area contributed by atoms with E-state index in [-0.39, 0.29) is 0 Å². The Kier molecular flexibility index (Phi) is 4.71. The lowest BCUT2D eigenvalue weighted by atomic mass is 10.2. The molecule has 1 aromatic heterocycles. The molecule has 0 aliphatic carbocycles. The predicted molar refractivity (Wildman–Crippen MR) is 103 cm³/mol. The van der Waals surface area contributed by atoms with Gasteiger partial charge in [-0.2, -0.15) is 0 Å². The lowest BCUT2D eigenvalue weighted by Crippen LogP contribution is -2.37. The van der Waals surface area contributed by atoms with Crippen LogP contribution in [0.3, 0.4) is 0 Å². The van der Waals surface area contributed by atoms with Crippen molar-refractivity contribution in [2.75, 3.05) is 41.8 Å². The Morgan fingerprint density at radius 2 is 1.81 bits per heavy atom. The van der Waals surface area contributed by atoms with Crippen molar-refractivity contribution in [1.29, 1.82) is 0 Å². The van der Waals surface area contributed by atoms with Gasteiger partial charge in [-0.3, -0.25) is 9.59 Å². The van der Waals surface area contributed by atoms with Crippen molar-refractivity contribution in [2.24, 2.45) is 0 Å². The number of morpholine rings is 1. The van der Waals surface area contributed by atoms with E-state index in [1.54, 1.807) is 30.6 Å². The molecule has 4 rings (SSSR count). The average molecular weight is 365 g/mol. The Morgan fingerprint density at radius 3 is 2.67 bits per heavy atom. The number of H-pyrrole nitrogens is 1. The average Bonchev–Trinajstić information content (AvgIpc) is 3.17. The first-order valence-corrected chi connectivity index (χ1v) is 8.68. The molecular formula is C19H19N5O3. The van der Waals surface area contributed by atoms with Gasteiger partial charge in [0.15, 0.2) is 0 Å². The molecule has 0 unspecified atom stereocenters. The molecule has 2 heterocycles. The molecule has 2 aromatic carbocycles. The van der Waals surface area contributed by atoms with E-state index >= 15 is 0 Å². The van der Waals surface area contributed by atoms with Gasteiger partial charge in [0.25, 0.3) is 0 Å². The van der Waals surface area contributed by atoms with Crippen molar-refractivity contribution in [1.82, 2.24) is 9.97 Å². The Balaban J connectivity index is 1.46. The fraction of sp³-hybridized carbons (Fsp3) is 0.211. The summed E-state index contributed by atoms with van der Waals surface area (Å²) in [4.78, 5) is 33.9. The van der Waals surface area contributed by atoms with Crippen molar-refractivity contribution < 1.29 is 14.3 Å². The number of nitrogens with zero attached hydrogens (tertiary/aromatic N) is 2. The van der Waals surface area contributed by atoms with Crippen molar-refractivity contribution in [3.05, 3.63) is 48.8 Å². The molecule has 0 bridgehead atoms. The third-order valence-corrected chi connectivity index (χ3v) is 4.39. The number of aromatic nitrogens is 2. The molecule has 1 fully saturated rings. The quantitative estimate of drug-likeness (QED) is 0.617. The summed E-state index contributed by atoms with van der Waals surface area (Å²) >= 11 is 0. The van der Waals surface area contributed by atoms with E-state index < -0.39 is 11.8 Å². The summed E-state index contributed by atoms with van der Waals surface area (Å²) < 4.78 is 5.37. The number of carbonyl (C=O) groups excluding carboxylic acids is 2. The zero-order valence-electron chi connectivity index (χ0n) is 14.6. The molecule has 3 N–H and O–H groups in total. The van der Waals surface area contributed by atoms with Crippen molar-refractivity contribution in [3.63, 3.8) is 0 Å². The highest BCUT2D eigenvalue weighted by molar-refractivity contribution is 6.44. The summed E-state index contributed by atoms with van der Waals surface area (Å²) in [7, 11) is 0. The second kappa shape index (κ2) is 7.46. The number of nitrogens with one attached hydrogen (secondary N) is 3. The Labute approximate surface area is 155 Å². The van der Waals surface area contributed by atoms with Gasteiger partial charge >= 0.3 is 11.8 Å². The highest BCUT2D eigenvalue weighted by atomic mass is 16.5. The molecule has 0 atom stereocenters. The summed E-state index contributed by atoms with van der Waals surface area (Å²) in [6.07, 6.45) is 1.57. The van der Waals surface area contributed by atoms with Gasteiger partial charge < -0.3 is 25.3 Å². The lowest BCUT2D eigenvalue weighted by molar-refractivity contribution is -0.132. The predicted octanol–water partition coefficient (Wildman–Crippen LogP) is 1.98. The van der Waals surface area contributed by atoms with E-state index in [1.807, 2.05) is 18.2 Å². The SMILES string of the molecule is O=C(Nc1ccc2nc[nH]c2c1)C(=O)Nc1ccccc1N1CCOCC1. The number of aromatic amines is 1. The van der Waals surface area contributed by atoms with E-state index in [0.717, 1.165) is 29.8 Å². The summed E-state index contributed by atoms with van der Waals surface area (Å²) in [6, 6.07) is 12.6. The highest BCUT2D eigenvalue weighted by Crippen LogP contribution is 2.26. The first kappa shape index (κ1) is 17.0. The highest BCUT2D eigenvalue weighted by Gasteiger charge is 2.19. The number of hydrogen-bond donors (Lipinski definition) is 3. The first-order valence-electron chi connectivity index (χ1n) is 8.68. The number of hydrogen-bond acceptors (Lipinski definition) is 5. The van der Waals surface area contributed by atoms with Crippen LogP contribution in [0.2, 0.25) is 0 Å². The van der Waals surface area contributed by atoms with Crippen LogP contribution in [0.15, 0.2) is 48.8 Å². The van der Waals surface area contributed by atoms with Crippen LogP contribution in [-0.2, 0) is 14.3 Å². The molecular weight excluding hydrogens is 346 g/mol. The number of amides is 2. The molecule has 27 heavy (non-hydrogen) atoms. The first-order chi connectivity index (χ1) is 13.2. The molecule has 138 valence electrons. The second-order valence-corrected chi connectivity index (χ2v) is 6.16. The van der Waals surface area contributed by atoms with Crippen LogP contribution in [0.5, 0.6) is 0 Å². The fourth-order valence-corrected chi connectivity index (χ4v) is 3.04. The van der Waals surface area contributed by atoms with E-state index in [1.165, 1.54) is 0 Å². The van der Waals surface area contributed by atoms with Gasteiger partial charge in [0.1, 0.15) is 0 Å². The summed E-state index contributed by atoms with van der Waals surface area (Å²) in [6.45, 7) is 2.75. The zero-order valence-corrected chi connectivity index (χ0v) is 14.6. The summed E-state index contributed by atoms with van der Waals surface area (Å²) in [5.41, 5.74) is 3.57. The van der Waals surface area contributed by atoms with Crippen molar-refractivity contribution >= 4 is 39.9 Å². The molecule has 1 saturated heterocycles. The molecule has 1 aliphatic heterocycles. The van der Waals surface area contributed by atoms with Crippen LogP contribution in [0.1, 0.15) is 0 Å². The molecule has 0 radical (unpaired) electrons. The van der Waals surface area contributed by atoms with Crippen LogP contribution in [0.25, 0.3) is 11.0 Å². The number of carbonyl (C=O) groups is 2. The van der Waals surface area contributed by atoms with Gasteiger partial charge in [-0.25, -0.2) is 4.98 Å². The van der Waals surface area contributed by atoms with Crippen LogP contribution in [0, 0.1) is 0 Å².